The van der Waals surface area contributed by atoms with E-state index < -0.39 is 0 Å². The molecule has 160 valence electrons. The Kier molecular flexibility index (Phi) is 10.0. The lowest BCUT2D eigenvalue weighted by Gasteiger charge is -2.13. The van der Waals surface area contributed by atoms with Gasteiger partial charge in [-0.3, -0.25) is 0 Å². The topological polar surface area (TPSA) is 67.1 Å². The quantitative estimate of drug-likeness (QED) is 0.332. The van der Waals surface area contributed by atoms with E-state index in [1.807, 2.05) is 30.3 Å². The van der Waals surface area contributed by atoms with Crippen LogP contribution in [0.25, 0.3) is 0 Å². The molecule has 0 radical (unpaired) electrons. The summed E-state index contributed by atoms with van der Waals surface area (Å²) in [4.78, 5) is 4.71. The predicted molar refractivity (Wildman–Crippen MR) is 125 cm³/mol. The molecule has 6 nitrogen and oxygen atoms in total. The van der Waals surface area contributed by atoms with E-state index in [4.69, 9.17) is 4.99 Å². The summed E-state index contributed by atoms with van der Waals surface area (Å²) in [6.45, 7) is 8.74. The van der Waals surface area contributed by atoms with Crippen molar-refractivity contribution in [2.45, 2.75) is 52.5 Å². The number of aryl methyl sites for hydroxylation is 2. The van der Waals surface area contributed by atoms with E-state index in [0.717, 1.165) is 55.7 Å². The Labute approximate surface area is 180 Å². The van der Waals surface area contributed by atoms with Crippen molar-refractivity contribution in [3.63, 3.8) is 0 Å². The normalized spacial score (nSPS) is 11.9. The van der Waals surface area contributed by atoms with Gasteiger partial charge in [0.25, 0.3) is 0 Å². The largest absolute Gasteiger partial charge is 0.356 e. The van der Waals surface area contributed by atoms with Gasteiger partial charge in [0.1, 0.15) is 12.4 Å². The molecule has 1 heterocycles. The van der Waals surface area contributed by atoms with Crippen LogP contribution in [0.15, 0.2) is 29.3 Å². The molecule has 0 saturated carbocycles. The Bertz CT molecular complexity index is 751. The van der Waals surface area contributed by atoms with E-state index in [0.29, 0.717) is 12.5 Å². The Morgan fingerprint density at radius 3 is 2.38 bits per heavy atom. The van der Waals surface area contributed by atoms with Crippen LogP contribution in [0.1, 0.15) is 55.4 Å². The fraction of sp³-hybridized carbons (Fsp3) is 0.591. The second kappa shape index (κ2) is 12.5. The van der Waals surface area contributed by atoms with Crippen molar-refractivity contribution in [2.75, 3.05) is 25.1 Å². The molecule has 7 heteroatoms. The van der Waals surface area contributed by atoms with Crippen LogP contribution in [0.4, 0.5) is 0 Å². The summed E-state index contributed by atoms with van der Waals surface area (Å²) >= 11 is 1.87. The van der Waals surface area contributed by atoms with Gasteiger partial charge in [-0.25, -0.2) is 4.99 Å². The van der Waals surface area contributed by atoms with Gasteiger partial charge in [-0.2, -0.15) is 11.8 Å². The molecular weight excluding hydrogens is 380 g/mol. The zero-order valence-electron chi connectivity index (χ0n) is 18.5. The lowest BCUT2D eigenvalue weighted by molar-refractivity contribution is 0.720. The molecule has 29 heavy (non-hydrogen) atoms. The molecule has 2 N–H and O–H groups in total. The number of nitrogens with zero attached hydrogens (tertiary/aromatic N) is 4. The van der Waals surface area contributed by atoms with Crippen molar-refractivity contribution in [3.8, 4) is 0 Å². The maximum absolute atomic E-state index is 4.71. The Hall–Kier alpha value is -2.02. The van der Waals surface area contributed by atoms with Crippen LogP contribution in [-0.4, -0.2) is 45.8 Å². The van der Waals surface area contributed by atoms with Gasteiger partial charge in [0.15, 0.2) is 11.8 Å². The average molecular weight is 417 g/mol. The van der Waals surface area contributed by atoms with Crippen molar-refractivity contribution in [1.82, 2.24) is 25.4 Å². The zero-order chi connectivity index (χ0) is 21.1. The monoisotopic (exact) mass is 416 g/mol. The third-order valence-corrected chi connectivity index (χ3v) is 5.66. The van der Waals surface area contributed by atoms with Gasteiger partial charge in [-0.15, -0.1) is 10.2 Å². The van der Waals surface area contributed by atoms with Gasteiger partial charge >= 0.3 is 0 Å². The number of nitrogens with one attached hydrogen (secondary N) is 2. The number of aliphatic imine (C=N–C) groups is 1. The van der Waals surface area contributed by atoms with Crippen LogP contribution in [0.3, 0.4) is 0 Å². The summed E-state index contributed by atoms with van der Waals surface area (Å²) in [5.41, 5.74) is 2.78. The maximum Gasteiger partial charge on any atom is 0.191 e. The molecule has 0 bridgehead atoms. The zero-order valence-corrected chi connectivity index (χ0v) is 19.4. The molecule has 0 aliphatic rings. The lowest BCUT2D eigenvalue weighted by Crippen LogP contribution is -2.38. The molecule has 0 atom stereocenters. The van der Waals surface area contributed by atoms with Crippen LogP contribution in [0, 0.1) is 6.92 Å². The minimum atomic E-state index is 0.520. The maximum atomic E-state index is 4.71. The molecule has 0 amide bonds. The van der Waals surface area contributed by atoms with Crippen molar-refractivity contribution in [2.24, 2.45) is 12.0 Å². The molecule has 0 unspecified atom stereocenters. The van der Waals surface area contributed by atoms with Crippen molar-refractivity contribution in [3.05, 3.63) is 47.0 Å². The van der Waals surface area contributed by atoms with E-state index in [2.05, 4.69) is 65.2 Å². The number of rotatable bonds is 11. The van der Waals surface area contributed by atoms with Gasteiger partial charge in [0, 0.05) is 20.1 Å². The van der Waals surface area contributed by atoms with Gasteiger partial charge in [0.05, 0.1) is 0 Å². The minimum absolute atomic E-state index is 0.520. The Morgan fingerprint density at radius 1 is 1.10 bits per heavy atom. The molecule has 2 rings (SSSR count). The summed E-state index contributed by atoms with van der Waals surface area (Å²) in [5.74, 6) is 4.36. The van der Waals surface area contributed by atoms with Crippen LogP contribution < -0.4 is 10.6 Å². The number of benzene rings is 1. The van der Waals surface area contributed by atoms with E-state index in [1.165, 1.54) is 11.1 Å². The van der Waals surface area contributed by atoms with Crippen LogP contribution in [-0.2, 0) is 20.0 Å². The SMILES string of the molecule is CSCCCNC(=NCc1nnc(C)n1C)NCCCc1ccc(C(C)C)cc1. The summed E-state index contributed by atoms with van der Waals surface area (Å²) in [6.07, 6.45) is 5.38. The third-order valence-electron chi connectivity index (χ3n) is 4.96. The van der Waals surface area contributed by atoms with Crippen molar-refractivity contribution >= 4 is 17.7 Å². The van der Waals surface area contributed by atoms with Crippen molar-refractivity contribution in [1.29, 1.82) is 0 Å². The van der Waals surface area contributed by atoms with E-state index >= 15 is 0 Å². The van der Waals surface area contributed by atoms with Crippen molar-refractivity contribution < 1.29 is 0 Å². The Balaban J connectivity index is 1.84. The fourth-order valence-electron chi connectivity index (χ4n) is 2.90. The average Bonchev–Trinajstić information content (AvgIpc) is 3.04. The van der Waals surface area contributed by atoms with Gasteiger partial charge in [-0.1, -0.05) is 38.1 Å². The van der Waals surface area contributed by atoms with E-state index in [-0.39, 0.29) is 0 Å². The molecule has 0 fully saturated rings. The standard InChI is InChI=1S/C22H36N6S/c1-17(2)20-11-9-19(10-12-20)8-6-13-23-22(24-14-7-15-29-5)25-16-21-27-26-18(3)28(21)4/h9-12,17H,6-8,13-16H2,1-5H3,(H2,23,24,25). The summed E-state index contributed by atoms with van der Waals surface area (Å²) in [6, 6.07) is 9.00. The number of aromatic nitrogens is 3. The third kappa shape index (κ3) is 8.09. The highest BCUT2D eigenvalue weighted by atomic mass is 32.2. The summed E-state index contributed by atoms with van der Waals surface area (Å²) in [5, 5.41) is 15.2. The minimum Gasteiger partial charge on any atom is -0.356 e. The smallest absolute Gasteiger partial charge is 0.191 e. The molecule has 0 saturated heterocycles. The second-order valence-corrected chi connectivity index (χ2v) is 8.57. The second-order valence-electron chi connectivity index (χ2n) is 7.59. The number of hydrogen-bond acceptors (Lipinski definition) is 4. The number of hydrogen-bond donors (Lipinski definition) is 2. The molecule has 2 aromatic rings. The first-order valence-corrected chi connectivity index (χ1v) is 11.9. The first-order valence-electron chi connectivity index (χ1n) is 10.5. The molecule has 0 aliphatic heterocycles. The predicted octanol–water partition coefficient (Wildman–Crippen LogP) is 3.67. The van der Waals surface area contributed by atoms with E-state index in [1.54, 1.807) is 0 Å². The lowest BCUT2D eigenvalue weighted by atomic mass is 10.0. The highest BCUT2D eigenvalue weighted by Gasteiger charge is 2.05. The van der Waals surface area contributed by atoms with Gasteiger partial charge < -0.3 is 15.2 Å². The van der Waals surface area contributed by atoms with E-state index in [9.17, 15) is 0 Å². The first-order chi connectivity index (χ1) is 14.0. The molecule has 0 aliphatic carbocycles. The first kappa shape index (κ1) is 23.3. The number of thioether (sulfide) groups is 1. The van der Waals surface area contributed by atoms with Crippen LogP contribution in [0.2, 0.25) is 0 Å². The van der Waals surface area contributed by atoms with Gasteiger partial charge in [0.2, 0.25) is 0 Å². The number of guanidine groups is 1. The summed E-state index contributed by atoms with van der Waals surface area (Å²) in [7, 11) is 1.98. The fourth-order valence-corrected chi connectivity index (χ4v) is 3.34. The highest BCUT2D eigenvalue weighted by molar-refractivity contribution is 7.98. The molecule has 1 aromatic heterocycles. The Morgan fingerprint density at radius 2 is 1.79 bits per heavy atom. The highest BCUT2D eigenvalue weighted by Crippen LogP contribution is 2.15. The molecule has 0 spiro atoms. The van der Waals surface area contributed by atoms with Crippen LogP contribution in [0.5, 0.6) is 0 Å². The summed E-state index contributed by atoms with van der Waals surface area (Å²) < 4.78 is 1.98. The van der Waals surface area contributed by atoms with Gasteiger partial charge in [-0.05, 0) is 55.2 Å². The van der Waals surface area contributed by atoms with Crippen LogP contribution >= 0.6 is 11.8 Å². The molecular formula is C22H36N6S. The molecule has 1 aromatic carbocycles.